The van der Waals surface area contributed by atoms with Gasteiger partial charge in [-0.2, -0.15) is 0 Å². The van der Waals surface area contributed by atoms with Gasteiger partial charge in [0.15, 0.2) is 6.39 Å². The zero-order chi connectivity index (χ0) is 16.4. The van der Waals surface area contributed by atoms with Gasteiger partial charge in [0.2, 0.25) is 5.76 Å². The number of anilines is 1. The Morgan fingerprint density at radius 3 is 2.74 bits per heavy atom. The summed E-state index contributed by atoms with van der Waals surface area (Å²) in [5.41, 5.74) is 0.870. The second kappa shape index (κ2) is 6.86. The van der Waals surface area contributed by atoms with Crippen molar-refractivity contribution in [3.8, 4) is 0 Å². The minimum atomic E-state index is -0.225. The van der Waals surface area contributed by atoms with Gasteiger partial charge in [-0.1, -0.05) is 0 Å². The van der Waals surface area contributed by atoms with Crippen LogP contribution in [0, 0.1) is 9.39 Å². The molecule has 0 N–H and O–H groups in total. The molecular formula is C16H17FIN3O2. The highest BCUT2D eigenvalue weighted by atomic mass is 127. The van der Waals surface area contributed by atoms with Crippen LogP contribution in [0.5, 0.6) is 0 Å². The number of carbonyl (C=O) groups excluding carboxylic acids is 1. The van der Waals surface area contributed by atoms with Crippen LogP contribution < -0.4 is 4.90 Å². The second-order valence-electron chi connectivity index (χ2n) is 5.63. The molecule has 1 amide bonds. The smallest absolute Gasteiger partial charge is 0.291 e. The zero-order valence-electron chi connectivity index (χ0n) is 12.7. The first kappa shape index (κ1) is 16.2. The van der Waals surface area contributed by atoms with Crippen LogP contribution >= 0.6 is 22.6 Å². The fraction of sp³-hybridized carbons (Fsp3) is 0.375. The van der Waals surface area contributed by atoms with E-state index in [-0.39, 0.29) is 23.5 Å². The maximum Gasteiger partial charge on any atom is 0.291 e. The number of amides is 1. The van der Waals surface area contributed by atoms with Crippen molar-refractivity contribution in [1.82, 2.24) is 9.88 Å². The highest BCUT2D eigenvalue weighted by Crippen LogP contribution is 2.25. The van der Waals surface area contributed by atoms with Crippen LogP contribution in [0.2, 0.25) is 0 Å². The Morgan fingerprint density at radius 2 is 2.13 bits per heavy atom. The van der Waals surface area contributed by atoms with Crippen LogP contribution in [-0.4, -0.2) is 42.0 Å². The molecule has 0 radical (unpaired) electrons. The summed E-state index contributed by atoms with van der Waals surface area (Å²) in [5.74, 6) is -0.0721. The molecule has 0 atom stereocenters. The van der Waals surface area contributed by atoms with Crippen molar-refractivity contribution >= 4 is 34.2 Å². The minimum absolute atomic E-state index is 0.121. The maximum atomic E-state index is 13.6. The third kappa shape index (κ3) is 3.65. The van der Waals surface area contributed by atoms with Gasteiger partial charge in [-0.3, -0.25) is 4.79 Å². The lowest BCUT2D eigenvalue weighted by Crippen LogP contribution is -2.45. The van der Waals surface area contributed by atoms with E-state index in [0.717, 1.165) is 22.1 Å². The van der Waals surface area contributed by atoms with E-state index < -0.39 is 0 Å². The molecule has 3 rings (SSSR count). The molecule has 0 unspecified atom stereocenters. The Kier molecular flexibility index (Phi) is 4.84. The molecule has 23 heavy (non-hydrogen) atoms. The lowest BCUT2D eigenvalue weighted by atomic mass is 10.0. The van der Waals surface area contributed by atoms with Crippen molar-refractivity contribution in [2.75, 3.05) is 25.0 Å². The number of oxazole rings is 1. The molecule has 1 saturated heterocycles. The average molecular weight is 429 g/mol. The maximum absolute atomic E-state index is 13.6. The fourth-order valence-electron chi connectivity index (χ4n) is 2.89. The molecule has 1 aromatic heterocycles. The monoisotopic (exact) mass is 429 g/mol. The Balaban J connectivity index is 1.63. The Hall–Kier alpha value is -1.64. The molecule has 1 aliphatic heterocycles. The predicted octanol–water partition coefficient (Wildman–Crippen LogP) is 3.16. The molecule has 0 bridgehead atoms. The number of hydrogen-bond donors (Lipinski definition) is 0. The summed E-state index contributed by atoms with van der Waals surface area (Å²) in [7, 11) is 1.98. The molecule has 0 spiro atoms. The third-order valence-corrected chi connectivity index (χ3v) is 4.82. The van der Waals surface area contributed by atoms with E-state index in [9.17, 15) is 9.18 Å². The number of piperidine rings is 1. The predicted molar refractivity (Wildman–Crippen MR) is 92.9 cm³/mol. The molecule has 7 heteroatoms. The highest BCUT2D eigenvalue weighted by molar-refractivity contribution is 14.1. The summed E-state index contributed by atoms with van der Waals surface area (Å²) < 4.78 is 19.5. The number of likely N-dealkylation sites (tertiary alicyclic amines) is 1. The van der Waals surface area contributed by atoms with Gasteiger partial charge in [-0.15, -0.1) is 0 Å². The molecule has 0 aliphatic carbocycles. The van der Waals surface area contributed by atoms with Gasteiger partial charge in [0.05, 0.1) is 6.20 Å². The van der Waals surface area contributed by atoms with Crippen LogP contribution in [0.25, 0.3) is 0 Å². The van der Waals surface area contributed by atoms with Crippen LogP contribution in [0.4, 0.5) is 10.1 Å². The number of aromatic nitrogens is 1. The van der Waals surface area contributed by atoms with E-state index in [1.54, 1.807) is 11.0 Å². The second-order valence-corrected chi connectivity index (χ2v) is 6.87. The summed E-state index contributed by atoms with van der Waals surface area (Å²) >= 11 is 2.12. The Morgan fingerprint density at radius 1 is 1.39 bits per heavy atom. The number of hydrogen-bond acceptors (Lipinski definition) is 4. The fourth-order valence-corrected chi connectivity index (χ4v) is 3.50. The van der Waals surface area contributed by atoms with Crippen molar-refractivity contribution in [3.63, 3.8) is 0 Å². The molecule has 122 valence electrons. The molecule has 1 aromatic carbocycles. The summed E-state index contributed by atoms with van der Waals surface area (Å²) in [6.45, 7) is 1.31. The first-order valence-corrected chi connectivity index (χ1v) is 8.49. The van der Waals surface area contributed by atoms with Gasteiger partial charge < -0.3 is 14.2 Å². The number of benzene rings is 1. The lowest BCUT2D eigenvalue weighted by molar-refractivity contribution is 0.0681. The highest BCUT2D eigenvalue weighted by Gasteiger charge is 2.27. The van der Waals surface area contributed by atoms with E-state index in [2.05, 4.69) is 32.5 Å². The first-order valence-electron chi connectivity index (χ1n) is 7.41. The summed E-state index contributed by atoms with van der Waals surface area (Å²) in [6.07, 6.45) is 4.38. The minimum Gasteiger partial charge on any atom is -0.438 e. The zero-order valence-corrected chi connectivity index (χ0v) is 14.9. The third-order valence-electron chi connectivity index (χ3n) is 4.20. The van der Waals surface area contributed by atoms with Crippen LogP contribution in [0.15, 0.2) is 35.2 Å². The Bertz CT molecular complexity index is 664. The lowest BCUT2D eigenvalue weighted by Gasteiger charge is -2.37. The summed E-state index contributed by atoms with van der Waals surface area (Å²) in [4.78, 5) is 19.9. The molecule has 1 fully saturated rings. The van der Waals surface area contributed by atoms with Gasteiger partial charge in [0, 0.05) is 35.4 Å². The van der Waals surface area contributed by atoms with E-state index in [0.29, 0.717) is 13.1 Å². The number of halogens is 2. The van der Waals surface area contributed by atoms with E-state index in [1.807, 2.05) is 13.1 Å². The Labute approximate surface area is 147 Å². The van der Waals surface area contributed by atoms with Gasteiger partial charge in [-0.05, 0) is 53.6 Å². The van der Waals surface area contributed by atoms with Gasteiger partial charge in [0.25, 0.3) is 5.91 Å². The topological polar surface area (TPSA) is 49.6 Å². The number of nitrogens with zero attached hydrogens (tertiary/aromatic N) is 3. The van der Waals surface area contributed by atoms with Crippen molar-refractivity contribution < 1.29 is 13.6 Å². The van der Waals surface area contributed by atoms with Gasteiger partial charge in [-0.25, -0.2) is 9.37 Å². The van der Waals surface area contributed by atoms with Crippen LogP contribution in [0.1, 0.15) is 23.4 Å². The van der Waals surface area contributed by atoms with Crippen molar-refractivity contribution in [2.24, 2.45) is 0 Å². The van der Waals surface area contributed by atoms with Crippen molar-refractivity contribution in [1.29, 1.82) is 0 Å². The number of rotatable bonds is 3. The van der Waals surface area contributed by atoms with E-state index >= 15 is 0 Å². The van der Waals surface area contributed by atoms with Crippen molar-refractivity contribution in [2.45, 2.75) is 18.9 Å². The quantitative estimate of drug-likeness (QED) is 0.704. The first-order chi connectivity index (χ1) is 11.0. The average Bonchev–Trinajstić information content (AvgIpc) is 3.07. The van der Waals surface area contributed by atoms with E-state index in [4.69, 9.17) is 4.42 Å². The van der Waals surface area contributed by atoms with Crippen LogP contribution in [-0.2, 0) is 0 Å². The standard InChI is InChI=1S/C16H17FIN3O2/c1-20(14-7-11(17)6-12(18)8-14)13-2-4-21(5-3-13)16(22)15-9-19-10-23-15/h6-10,13H,2-5H2,1H3. The summed E-state index contributed by atoms with van der Waals surface area (Å²) in [5, 5.41) is 0. The van der Waals surface area contributed by atoms with Gasteiger partial charge in [0.1, 0.15) is 5.82 Å². The normalized spacial score (nSPS) is 15.7. The number of carbonyl (C=O) groups is 1. The van der Waals surface area contributed by atoms with E-state index in [1.165, 1.54) is 18.7 Å². The molecular weight excluding hydrogens is 412 g/mol. The molecule has 0 saturated carbocycles. The summed E-state index contributed by atoms with van der Waals surface area (Å²) in [6, 6.07) is 5.31. The SMILES string of the molecule is CN(c1cc(F)cc(I)c1)C1CCN(C(=O)c2cnco2)CC1. The molecule has 2 heterocycles. The molecule has 1 aliphatic rings. The van der Waals surface area contributed by atoms with Crippen LogP contribution in [0.3, 0.4) is 0 Å². The molecule has 2 aromatic rings. The van der Waals surface area contributed by atoms with Gasteiger partial charge >= 0.3 is 0 Å². The van der Waals surface area contributed by atoms with Crippen molar-refractivity contribution in [3.05, 3.63) is 45.9 Å². The molecule has 5 nitrogen and oxygen atoms in total. The largest absolute Gasteiger partial charge is 0.438 e.